The predicted octanol–water partition coefficient (Wildman–Crippen LogP) is 4.06. The van der Waals surface area contributed by atoms with Crippen molar-refractivity contribution in [2.45, 2.75) is 13.1 Å². The molecule has 1 heterocycles. The van der Waals surface area contributed by atoms with Crippen LogP contribution in [0.25, 0.3) is 11.4 Å². The third kappa shape index (κ3) is 2.44. The Morgan fingerprint density at radius 1 is 1.29 bits per heavy atom. The van der Waals surface area contributed by atoms with Crippen molar-refractivity contribution in [3.8, 4) is 11.4 Å². The maximum atomic E-state index is 12.5. The third-order valence-electron chi connectivity index (χ3n) is 2.25. The molecule has 0 fully saturated rings. The summed E-state index contributed by atoms with van der Waals surface area (Å²) in [6.07, 6.45) is -2.85. The molecule has 0 radical (unpaired) electrons. The Morgan fingerprint density at radius 2 is 2.00 bits per heavy atom. The van der Waals surface area contributed by atoms with Crippen molar-refractivity contribution in [2.75, 3.05) is 0 Å². The summed E-state index contributed by atoms with van der Waals surface area (Å²) in [6.45, 7) is 1.76. The van der Waals surface area contributed by atoms with Gasteiger partial charge in [-0.3, -0.25) is 0 Å². The van der Waals surface area contributed by atoms with E-state index in [0.717, 1.165) is 17.8 Å². The molecule has 0 aliphatic carbocycles. The van der Waals surface area contributed by atoms with Crippen molar-refractivity contribution >= 4 is 11.6 Å². The molecule has 1 N–H and O–H groups in total. The van der Waals surface area contributed by atoms with E-state index in [1.807, 2.05) is 0 Å². The van der Waals surface area contributed by atoms with Crippen molar-refractivity contribution in [1.82, 2.24) is 9.97 Å². The van der Waals surface area contributed by atoms with E-state index < -0.39 is 11.7 Å². The van der Waals surface area contributed by atoms with Crippen molar-refractivity contribution in [1.29, 1.82) is 0 Å². The van der Waals surface area contributed by atoms with E-state index in [1.54, 1.807) is 6.92 Å². The van der Waals surface area contributed by atoms with Gasteiger partial charge in [0.2, 0.25) is 0 Å². The third-order valence-corrected chi connectivity index (χ3v) is 2.58. The van der Waals surface area contributed by atoms with Gasteiger partial charge in [0.15, 0.2) is 0 Å². The summed E-state index contributed by atoms with van der Waals surface area (Å²) < 4.78 is 37.6. The van der Waals surface area contributed by atoms with Crippen LogP contribution in [0.3, 0.4) is 0 Å². The maximum Gasteiger partial charge on any atom is 0.416 e. The molecule has 0 amide bonds. The molecule has 1 aromatic heterocycles. The average Bonchev–Trinajstić information content (AvgIpc) is 2.63. The van der Waals surface area contributed by atoms with Crippen LogP contribution in [0.1, 0.15) is 11.3 Å². The van der Waals surface area contributed by atoms with Crippen LogP contribution in [0.15, 0.2) is 24.4 Å². The van der Waals surface area contributed by atoms with Gasteiger partial charge in [-0.2, -0.15) is 13.2 Å². The first kappa shape index (κ1) is 12.0. The number of hydrogen-bond acceptors (Lipinski definition) is 1. The van der Waals surface area contributed by atoms with Crippen LogP contribution in [0.4, 0.5) is 13.2 Å². The molecule has 2 nitrogen and oxygen atoms in total. The van der Waals surface area contributed by atoms with Gasteiger partial charge in [0.05, 0.1) is 10.6 Å². The number of hydrogen-bond donors (Lipinski definition) is 1. The highest BCUT2D eigenvalue weighted by Gasteiger charge is 2.31. The van der Waals surface area contributed by atoms with E-state index in [1.165, 1.54) is 12.3 Å². The van der Waals surface area contributed by atoms with Gasteiger partial charge < -0.3 is 4.98 Å². The van der Waals surface area contributed by atoms with Crippen molar-refractivity contribution < 1.29 is 13.2 Å². The summed E-state index contributed by atoms with van der Waals surface area (Å²) in [7, 11) is 0. The van der Waals surface area contributed by atoms with Crippen LogP contribution >= 0.6 is 11.6 Å². The molecular weight excluding hydrogens is 253 g/mol. The topological polar surface area (TPSA) is 28.7 Å². The molecule has 90 valence electrons. The lowest BCUT2D eigenvalue weighted by Gasteiger charge is -2.09. The van der Waals surface area contributed by atoms with Crippen molar-refractivity contribution in [3.05, 3.63) is 40.7 Å². The van der Waals surface area contributed by atoms with E-state index >= 15 is 0 Å². The molecule has 0 bridgehead atoms. The van der Waals surface area contributed by atoms with Crippen LogP contribution in [0.5, 0.6) is 0 Å². The second kappa shape index (κ2) is 4.07. The number of H-pyrrole nitrogens is 1. The molecule has 0 aliphatic rings. The fourth-order valence-electron chi connectivity index (χ4n) is 1.43. The zero-order chi connectivity index (χ0) is 12.6. The van der Waals surface area contributed by atoms with Crippen LogP contribution in [0, 0.1) is 6.92 Å². The van der Waals surface area contributed by atoms with Gasteiger partial charge in [-0.25, -0.2) is 4.98 Å². The standard InChI is InChI=1S/C11H8ClF3N2/c1-6-5-16-10(17-6)8-4-7(11(13,14)15)2-3-9(8)12/h2-5H,1H3,(H,16,17). The molecule has 0 spiro atoms. The lowest BCUT2D eigenvalue weighted by Crippen LogP contribution is -2.04. The zero-order valence-electron chi connectivity index (χ0n) is 8.77. The lowest BCUT2D eigenvalue weighted by atomic mass is 10.1. The SMILES string of the molecule is Cc1cnc(-c2cc(C(F)(F)F)ccc2Cl)[nH]1. The van der Waals surface area contributed by atoms with Gasteiger partial charge in [-0.1, -0.05) is 11.6 Å². The number of aryl methyl sites for hydroxylation is 1. The number of benzene rings is 1. The number of halogens is 4. The molecule has 1 aromatic carbocycles. The lowest BCUT2D eigenvalue weighted by molar-refractivity contribution is -0.137. The van der Waals surface area contributed by atoms with E-state index in [4.69, 9.17) is 11.6 Å². The first-order valence-electron chi connectivity index (χ1n) is 4.76. The van der Waals surface area contributed by atoms with Crippen molar-refractivity contribution in [3.63, 3.8) is 0 Å². The van der Waals surface area contributed by atoms with Gasteiger partial charge in [0, 0.05) is 17.5 Å². The van der Waals surface area contributed by atoms with Gasteiger partial charge in [-0.05, 0) is 25.1 Å². The van der Waals surface area contributed by atoms with Gasteiger partial charge >= 0.3 is 6.18 Å². The number of rotatable bonds is 1. The Labute approximate surface area is 100 Å². The molecule has 0 saturated heterocycles. The summed E-state index contributed by atoms with van der Waals surface area (Å²) in [5.74, 6) is 0.332. The Morgan fingerprint density at radius 3 is 2.53 bits per heavy atom. The summed E-state index contributed by atoms with van der Waals surface area (Å²) in [5.41, 5.74) is 0.258. The Kier molecular flexibility index (Phi) is 2.87. The predicted molar refractivity (Wildman–Crippen MR) is 58.8 cm³/mol. The van der Waals surface area contributed by atoms with E-state index in [0.29, 0.717) is 5.82 Å². The van der Waals surface area contributed by atoms with Gasteiger partial charge in [-0.15, -0.1) is 0 Å². The zero-order valence-corrected chi connectivity index (χ0v) is 9.52. The average molecular weight is 261 g/mol. The normalized spacial score (nSPS) is 11.8. The number of imidazole rings is 1. The second-order valence-electron chi connectivity index (χ2n) is 3.61. The van der Waals surface area contributed by atoms with Gasteiger partial charge in [0.25, 0.3) is 0 Å². The minimum atomic E-state index is -4.39. The first-order valence-corrected chi connectivity index (χ1v) is 5.14. The summed E-state index contributed by atoms with van der Waals surface area (Å²) in [6, 6.07) is 3.15. The van der Waals surface area contributed by atoms with Crippen molar-refractivity contribution in [2.24, 2.45) is 0 Å². The highest BCUT2D eigenvalue weighted by molar-refractivity contribution is 6.33. The summed E-state index contributed by atoms with van der Waals surface area (Å²) >= 11 is 5.86. The number of aromatic amines is 1. The monoisotopic (exact) mass is 260 g/mol. The molecule has 2 aromatic rings. The number of nitrogens with one attached hydrogen (secondary N) is 1. The first-order chi connectivity index (χ1) is 7.88. The Balaban J connectivity index is 2.54. The van der Waals surface area contributed by atoms with Crippen LogP contribution in [-0.4, -0.2) is 9.97 Å². The summed E-state index contributed by atoms with van der Waals surface area (Å²) in [5, 5.41) is 0.229. The van der Waals surface area contributed by atoms with E-state index in [2.05, 4.69) is 9.97 Å². The van der Waals surface area contributed by atoms with Crippen LogP contribution in [-0.2, 0) is 6.18 Å². The maximum absolute atomic E-state index is 12.5. The highest BCUT2D eigenvalue weighted by Crippen LogP contribution is 2.34. The molecule has 0 aliphatic heterocycles. The largest absolute Gasteiger partial charge is 0.416 e. The Hall–Kier alpha value is -1.49. The molecule has 17 heavy (non-hydrogen) atoms. The van der Waals surface area contributed by atoms with E-state index in [-0.39, 0.29) is 10.6 Å². The quantitative estimate of drug-likeness (QED) is 0.823. The van der Waals surface area contributed by atoms with Gasteiger partial charge in [0.1, 0.15) is 5.82 Å². The second-order valence-corrected chi connectivity index (χ2v) is 4.01. The molecular formula is C11H8ClF3N2. The highest BCUT2D eigenvalue weighted by atomic mass is 35.5. The smallest absolute Gasteiger partial charge is 0.342 e. The molecule has 6 heteroatoms. The molecule has 0 saturated carbocycles. The molecule has 0 atom stereocenters. The Bertz CT molecular complexity index is 546. The summed E-state index contributed by atoms with van der Waals surface area (Å²) in [4.78, 5) is 6.81. The van der Waals surface area contributed by atoms with E-state index in [9.17, 15) is 13.2 Å². The van der Waals surface area contributed by atoms with Crippen LogP contribution in [0.2, 0.25) is 5.02 Å². The molecule has 2 rings (SSSR count). The van der Waals surface area contributed by atoms with Crippen LogP contribution < -0.4 is 0 Å². The minimum absolute atomic E-state index is 0.229. The number of nitrogens with zero attached hydrogens (tertiary/aromatic N) is 1. The fourth-order valence-corrected chi connectivity index (χ4v) is 1.64. The minimum Gasteiger partial charge on any atom is -0.342 e. The number of alkyl halides is 3. The fraction of sp³-hybridized carbons (Fsp3) is 0.182. The number of aromatic nitrogens is 2. The molecule has 0 unspecified atom stereocenters.